The number of aliphatic hydroxyl groups excluding tert-OH is 1. The summed E-state index contributed by atoms with van der Waals surface area (Å²) in [6.45, 7) is 17.1. The number of hydrogen-bond acceptors (Lipinski definition) is 17. The maximum atomic E-state index is 13.4. The first-order valence-electron chi connectivity index (χ1n) is 26.5. The van der Waals surface area contributed by atoms with Gasteiger partial charge in [0.25, 0.3) is 0 Å². The van der Waals surface area contributed by atoms with Crippen molar-refractivity contribution in [1.29, 1.82) is 0 Å². The quantitative estimate of drug-likeness (QED) is 0.106. The van der Waals surface area contributed by atoms with E-state index in [0.717, 1.165) is 19.3 Å². The van der Waals surface area contributed by atoms with E-state index in [9.17, 15) is 19.8 Å². The molecule has 0 aromatic rings. The van der Waals surface area contributed by atoms with E-state index >= 15 is 0 Å². The van der Waals surface area contributed by atoms with Gasteiger partial charge in [0.2, 0.25) is 0 Å². The number of carbonyl (C=O) groups excluding carboxylic acids is 2. The number of ether oxygens (including phenoxy) is 13. The van der Waals surface area contributed by atoms with Gasteiger partial charge in [-0.05, 0) is 111 Å². The van der Waals surface area contributed by atoms with Gasteiger partial charge in [-0.1, -0.05) is 31.6 Å². The highest BCUT2D eigenvalue weighted by Crippen LogP contribution is 2.68. The Morgan fingerprint density at radius 1 is 0.662 bits per heavy atom. The van der Waals surface area contributed by atoms with Gasteiger partial charge in [-0.15, -0.1) is 0 Å². The second kappa shape index (κ2) is 22.3. The number of methoxy groups -OCH3 is 4. The summed E-state index contributed by atoms with van der Waals surface area (Å²) in [5.41, 5.74) is -0.429. The van der Waals surface area contributed by atoms with Gasteiger partial charge in [0.05, 0.1) is 60.5 Å². The van der Waals surface area contributed by atoms with E-state index in [2.05, 4.69) is 13.0 Å². The van der Waals surface area contributed by atoms with Crippen LogP contribution in [0.5, 0.6) is 0 Å². The normalized spacial score (nSPS) is 49.3. The van der Waals surface area contributed by atoms with Crippen molar-refractivity contribution in [1.82, 2.24) is 0 Å². The Labute approximate surface area is 421 Å². The highest BCUT2D eigenvalue weighted by Gasteiger charge is 2.71. The molecule has 0 bridgehead atoms. The minimum Gasteiger partial charge on any atom is -0.458 e. The zero-order valence-electron chi connectivity index (χ0n) is 44.6. The molecule has 18 unspecified atom stereocenters. The van der Waals surface area contributed by atoms with Crippen LogP contribution < -0.4 is 0 Å². The predicted octanol–water partition coefficient (Wildman–Crippen LogP) is 6.26. The second-order valence-electron chi connectivity index (χ2n) is 22.5. The van der Waals surface area contributed by atoms with E-state index in [1.54, 1.807) is 55.3 Å². The summed E-state index contributed by atoms with van der Waals surface area (Å²) < 4.78 is 81.8. The SMILES string of the molecule is C/C=C(\C)C(=O)O[C@@H]1CC2C(CC=C3C[C@@H](OC4CC(OC)C(OC5CC(OC)C(OC6C[C@@H](OC)C(OC7CC(OC)C(O)C(C)O7)C(C)O6)C(C)O5)C(C)O4)CC[C@@]32C)[C@@]2(O)CCC(C(C)=O)[C@@]12C. The van der Waals surface area contributed by atoms with Crippen LogP contribution >= 0.6 is 0 Å². The molecule has 3 saturated carbocycles. The van der Waals surface area contributed by atoms with E-state index < -0.39 is 91.1 Å². The number of ketones is 1. The predicted molar refractivity (Wildman–Crippen MR) is 257 cm³/mol. The summed E-state index contributed by atoms with van der Waals surface area (Å²) in [4.78, 5) is 26.5. The zero-order valence-corrected chi connectivity index (χ0v) is 44.6. The molecular formula is C54H86O17. The standard InChI is InChI=1S/C54H86O17/c1-14-27(2)51(57)68-42-22-37-36(54(58)20-18-35(28(3)55)53(42,54)9)16-15-33-21-34(17-19-52(33,37)8)67-43-24-39(60-11)48(30(5)64-43)70-45-26-41(62-13)50(32(7)66-45)71-46-25-40(61-12)49(31(6)65-46)69-44-23-38(59-10)47(56)29(4)63-44/h14-15,29-32,34-50,56,58H,16-26H2,1-13H3/b27-14+/t29?,30?,31?,32?,34-,35?,36?,37?,38?,39?,40+,41?,42+,43?,44?,45?,46?,47?,48?,49?,50?,52-,53-,54-/m0/s1. The number of hydrogen-bond donors (Lipinski definition) is 2. The molecule has 0 aromatic carbocycles. The van der Waals surface area contributed by atoms with Gasteiger partial charge >= 0.3 is 5.97 Å². The molecule has 0 amide bonds. The lowest BCUT2D eigenvalue weighted by atomic mass is 9.45. The van der Waals surface area contributed by atoms with Crippen LogP contribution in [0.25, 0.3) is 0 Å². The van der Waals surface area contributed by atoms with Crippen molar-refractivity contribution in [2.45, 2.75) is 249 Å². The minimum absolute atomic E-state index is 0.0422. The van der Waals surface area contributed by atoms with Crippen molar-refractivity contribution >= 4 is 11.8 Å². The van der Waals surface area contributed by atoms with Gasteiger partial charge in [-0.2, -0.15) is 0 Å². The average molecular weight is 1010 g/mol. The third kappa shape index (κ3) is 10.5. The molecule has 2 N–H and O–H groups in total. The monoisotopic (exact) mass is 1010 g/mol. The van der Waals surface area contributed by atoms with Gasteiger partial charge in [0.15, 0.2) is 25.2 Å². The number of fused-ring (bicyclic) bond motifs is 5. The fourth-order valence-electron chi connectivity index (χ4n) is 14.4. The number of aliphatic hydroxyl groups is 2. The molecule has 71 heavy (non-hydrogen) atoms. The molecule has 4 aliphatic heterocycles. The van der Waals surface area contributed by atoms with E-state index in [-0.39, 0.29) is 65.4 Å². The van der Waals surface area contributed by atoms with Crippen molar-refractivity contribution in [2.24, 2.45) is 28.6 Å². The summed E-state index contributed by atoms with van der Waals surface area (Å²) in [6, 6.07) is 0. The summed E-state index contributed by atoms with van der Waals surface area (Å²) >= 11 is 0. The van der Waals surface area contributed by atoms with Gasteiger partial charge in [-0.25, -0.2) is 4.79 Å². The van der Waals surface area contributed by atoms with Crippen molar-refractivity contribution < 1.29 is 81.4 Å². The zero-order chi connectivity index (χ0) is 51.3. The van der Waals surface area contributed by atoms with Crippen molar-refractivity contribution in [3.63, 3.8) is 0 Å². The molecular weight excluding hydrogens is 921 g/mol. The van der Waals surface area contributed by atoms with Crippen molar-refractivity contribution in [3.8, 4) is 0 Å². The summed E-state index contributed by atoms with van der Waals surface area (Å²) in [7, 11) is 6.56. The number of carbonyl (C=O) groups is 2. The number of allylic oxidation sites excluding steroid dienone is 2. The fourth-order valence-corrected chi connectivity index (χ4v) is 14.4. The summed E-state index contributed by atoms with van der Waals surface area (Å²) in [6.07, 6.45) is 2.27. The van der Waals surface area contributed by atoms with Crippen LogP contribution in [0.15, 0.2) is 23.3 Å². The number of esters is 1. The van der Waals surface area contributed by atoms with Crippen LogP contribution in [-0.2, 0) is 71.2 Å². The molecule has 17 heteroatoms. The lowest BCUT2D eigenvalue weighted by molar-refractivity contribution is -0.347. The lowest BCUT2D eigenvalue weighted by Crippen LogP contribution is -2.66. The molecule has 0 aromatic heterocycles. The minimum atomic E-state index is -1.15. The topological polar surface area (TPSA) is 195 Å². The highest BCUT2D eigenvalue weighted by atomic mass is 16.8. The molecule has 404 valence electrons. The Kier molecular flexibility index (Phi) is 17.4. The summed E-state index contributed by atoms with van der Waals surface area (Å²) in [5, 5.41) is 23.3. The van der Waals surface area contributed by atoms with Crippen molar-refractivity contribution in [2.75, 3.05) is 28.4 Å². The van der Waals surface area contributed by atoms with Crippen LogP contribution in [0.3, 0.4) is 0 Å². The first-order chi connectivity index (χ1) is 33.7. The fraction of sp³-hybridized carbons (Fsp3) is 0.889. The number of rotatable bonds is 15. The maximum absolute atomic E-state index is 13.4. The van der Waals surface area contributed by atoms with Gasteiger partial charge in [0, 0.05) is 71.0 Å². The molecule has 24 atom stereocenters. The molecule has 8 rings (SSSR count). The first kappa shape index (κ1) is 55.3. The molecule has 8 aliphatic rings. The van der Waals surface area contributed by atoms with Crippen molar-refractivity contribution in [3.05, 3.63) is 23.3 Å². The number of Topliss-reactive ketones (excluding diaryl/α,β-unsaturated/α-hetero) is 1. The summed E-state index contributed by atoms with van der Waals surface area (Å²) in [5.74, 6) is -0.718. The maximum Gasteiger partial charge on any atom is 0.333 e. The van der Waals surface area contributed by atoms with Crippen LogP contribution in [0.1, 0.15) is 133 Å². The van der Waals surface area contributed by atoms with Gasteiger partial charge in [0.1, 0.15) is 36.3 Å². The van der Waals surface area contributed by atoms with Crippen LogP contribution in [0.4, 0.5) is 0 Å². The Bertz CT molecular complexity index is 1910. The smallest absolute Gasteiger partial charge is 0.333 e. The largest absolute Gasteiger partial charge is 0.458 e. The second-order valence-corrected chi connectivity index (χ2v) is 22.5. The molecule has 4 heterocycles. The molecule has 4 saturated heterocycles. The third-order valence-corrected chi connectivity index (χ3v) is 18.8. The molecule has 0 radical (unpaired) electrons. The molecule has 17 nitrogen and oxygen atoms in total. The Morgan fingerprint density at radius 3 is 1.62 bits per heavy atom. The van der Waals surface area contributed by atoms with Gasteiger partial charge < -0.3 is 71.8 Å². The van der Waals surface area contributed by atoms with Crippen LogP contribution in [0.2, 0.25) is 0 Å². The Hall–Kier alpha value is -1.94. The van der Waals surface area contributed by atoms with Crippen LogP contribution in [-0.4, -0.2) is 167 Å². The van der Waals surface area contributed by atoms with E-state index in [1.807, 2.05) is 34.6 Å². The van der Waals surface area contributed by atoms with E-state index in [4.69, 9.17) is 61.6 Å². The van der Waals surface area contributed by atoms with E-state index in [0.29, 0.717) is 56.9 Å². The highest BCUT2D eigenvalue weighted by molar-refractivity contribution is 5.88. The third-order valence-electron chi connectivity index (χ3n) is 18.8. The average Bonchev–Trinajstić information content (AvgIpc) is 3.63. The lowest BCUT2D eigenvalue weighted by Gasteiger charge is -2.63. The molecule has 4 aliphatic carbocycles. The van der Waals surface area contributed by atoms with Crippen LogP contribution in [0, 0.1) is 28.6 Å². The Morgan fingerprint density at radius 2 is 1.14 bits per heavy atom. The van der Waals surface area contributed by atoms with Gasteiger partial charge in [-0.3, -0.25) is 4.79 Å². The molecule has 7 fully saturated rings. The Balaban J connectivity index is 0.855. The molecule has 0 spiro atoms. The van der Waals surface area contributed by atoms with E-state index in [1.165, 1.54) is 5.57 Å². The first-order valence-corrected chi connectivity index (χ1v) is 26.5.